The number of carbonyl (C=O) groups excluding carboxylic acids is 1. The Labute approximate surface area is 172 Å². The number of halogens is 2. The van der Waals surface area contributed by atoms with Crippen LogP contribution in [0.1, 0.15) is 16.1 Å². The zero-order valence-electron chi connectivity index (χ0n) is 15.1. The zero-order chi connectivity index (χ0) is 19.5. The minimum Gasteiger partial charge on any atom is -0.336 e. The minimum absolute atomic E-state index is 0.0432. The molecule has 0 N–H and O–H groups in total. The van der Waals surface area contributed by atoms with Crippen molar-refractivity contribution < 1.29 is 9.18 Å². The van der Waals surface area contributed by atoms with Gasteiger partial charge < -0.3 is 4.90 Å². The molecule has 144 valence electrons. The molecule has 3 aromatic rings. The molecule has 0 bridgehead atoms. The van der Waals surface area contributed by atoms with Gasteiger partial charge in [-0.1, -0.05) is 23.7 Å². The van der Waals surface area contributed by atoms with Crippen molar-refractivity contribution in [1.29, 1.82) is 0 Å². The molecule has 0 unspecified atom stereocenters. The van der Waals surface area contributed by atoms with Crippen LogP contribution in [0.25, 0.3) is 10.6 Å². The SMILES string of the molecule is O=C(c1ccc(F)cc1)N1CCN(Cc2csc(-c3ccc(Cl)cc3)n2)CC1. The summed E-state index contributed by atoms with van der Waals surface area (Å²) in [6.07, 6.45) is 0. The smallest absolute Gasteiger partial charge is 0.253 e. The highest BCUT2D eigenvalue weighted by molar-refractivity contribution is 7.13. The molecule has 1 amide bonds. The van der Waals surface area contributed by atoms with Crippen LogP contribution in [0.4, 0.5) is 4.39 Å². The van der Waals surface area contributed by atoms with Gasteiger partial charge in [0.2, 0.25) is 0 Å². The van der Waals surface area contributed by atoms with Gasteiger partial charge in [-0.05, 0) is 36.4 Å². The maximum absolute atomic E-state index is 13.0. The molecule has 4 nitrogen and oxygen atoms in total. The molecule has 1 aliphatic heterocycles. The summed E-state index contributed by atoms with van der Waals surface area (Å²) in [5.74, 6) is -0.374. The lowest BCUT2D eigenvalue weighted by atomic mass is 10.1. The maximum Gasteiger partial charge on any atom is 0.253 e. The van der Waals surface area contributed by atoms with Gasteiger partial charge in [0.1, 0.15) is 10.8 Å². The summed E-state index contributed by atoms with van der Waals surface area (Å²) in [5, 5.41) is 3.78. The van der Waals surface area contributed by atoms with Crippen LogP contribution in [0.3, 0.4) is 0 Å². The second-order valence-corrected chi connectivity index (χ2v) is 8.02. The second-order valence-electron chi connectivity index (χ2n) is 6.73. The van der Waals surface area contributed by atoms with E-state index < -0.39 is 0 Å². The zero-order valence-corrected chi connectivity index (χ0v) is 16.7. The Balaban J connectivity index is 1.33. The average molecular weight is 416 g/mol. The first-order chi connectivity index (χ1) is 13.6. The standard InChI is InChI=1S/C21H19ClFN3OS/c22-17-5-1-15(2-6-17)20-24-19(14-28-20)13-25-9-11-26(12-10-25)21(27)16-3-7-18(23)8-4-16/h1-8,14H,9-13H2. The molecular formula is C21H19ClFN3OS. The van der Waals surface area contributed by atoms with Crippen LogP contribution in [-0.2, 0) is 6.54 Å². The largest absolute Gasteiger partial charge is 0.336 e. The molecule has 1 fully saturated rings. The van der Waals surface area contributed by atoms with Crippen LogP contribution in [0.15, 0.2) is 53.9 Å². The van der Waals surface area contributed by atoms with Gasteiger partial charge in [-0.2, -0.15) is 0 Å². The number of aromatic nitrogens is 1. The fourth-order valence-electron chi connectivity index (χ4n) is 3.22. The van der Waals surface area contributed by atoms with Crippen LogP contribution in [0, 0.1) is 5.82 Å². The quantitative estimate of drug-likeness (QED) is 0.626. The summed E-state index contributed by atoms with van der Waals surface area (Å²) in [5.41, 5.74) is 2.63. The number of hydrogen-bond donors (Lipinski definition) is 0. The van der Waals surface area contributed by atoms with Crippen molar-refractivity contribution in [3.05, 3.63) is 76.0 Å². The molecule has 7 heteroatoms. The van der Waals surface area contributed by atoms with Crippen molar-refractivity contribution in [1.82, 2.24) is 14.8 Å². The van der Waals surface area contributed by atoms with E-state index >= 15 is 0 Å². The van der Waals surface area contributed by atoms with E-state index in [0.29, 0.717) is 23.7 Å². The first-order valence-electron chi connectivity index (χ1n) is 9.06. The van der Waals surface area contributed by atoms with Gasteiger partial charge in [-0.15, -0.1) is 11.3 Å². The molecule has 1 saturated heterocycles. The Kier molecular flexibility index (Phi) is 5.71. The minimum atomic E-state index is -0.331. The molecule has 0 spiro atoms. The van der Waals surface area contributed by atoms with E-state index in [4.69, 9.17) is 16.6 Å². The van der Waals surface area contributed by atoms with E-state index in [-0.39, 0.29) is 11.7 Å². The Morgan fingerprint density at radius 3 is 2.39 bits per heavy atom. The third kappa shape index (κ3) is 4.41. The Bertz CT molecular complexity index is 951. The molecule has 1 aliphatic rings. The number of amides is 1. The Hall–Kier alpha value is -2.28. The molecule has 0 saturated carbocycles. The van der Waals surface area contributed by atoms with Gasteiger partial charge in [0, 0.05) is 54.3 Å². The molecule has 1 aromatic heterocycles. The van der Waals surface area contributed by atoms with Crippen molar-refractivity contribution in [3.8, 4) is 10.6 Å². The van der Waals surface area contributed by atoms with Crippen LogP contribution in [0.5, 0.6) is 0 Å². The van der Waals surface area contributed by atoms with Crippen LogP contribution in [0.2, 0.25) is 5.02 Å². The van der Waals surface area contributed by atoms with E-state index in [0.717, 1.165) is 35.9 Å². The monoisotopic (exact) mass is 415 g/mol. The number of thiazole rings is 1. The summed E-state index contributed by atoms with van der Waals surface area (Å²) >= 11 is 7.57. The Morgan fingerprint density at radius 2 is 1.71 bits per heavy atom. The molecule has 28 heavy (non-hydrogen) atoms. The predicted molar refractivity (Wildman–Crippen MR) is 110 cm³/mol. The summed E-state index contributed by atoms with van der Waals surface area (Å²) in [6.45, 7) is 3.67. The molecule has 2 aromatic carbocycles. The summed E-state index contributed by atoms with van der Waals surface area (Å²) in [7, 11) is 0. The fraction of sp³-hybridized carbons (Fsp3) is 0.238. The summed E-state index contributed by atoms with van der Waals surface area (Å²) in [6, 6.07) is 13.4. The van der Waals surface area contributed by atoms with Gasteiger partial charge in [-0.25, -0.2) is 9.37 Å². The van der Waals surface area contributed by atoms with Gasteiger partial charge in [0.05, 0.1) is 5.69 Å². The highest BCUT2D eigenvalue weighted by atomic mass is 35.5. The normalized spacial score (nSPS) is 15.0. The van der Waals surface area contributed by atoms with Gasteiger partial charge >= 0.3 is 0 Å². The maximum atomic E-state index is 13.0. The van der Waals surface area contributed by atoms with Crippen molar-refractivity contribution >= 4 is 28.8 Å². The molecule has 0 aliphatic carbocycles. The van der Waals surface area contributed by atoms with E-state index in [1.54, 1.807) is 11.3 Å². The van der Waals surface area contributed by atoms with Gasteiger partial charge in [-0.3, -0.25) is 9.69 Å². The predicted octanol–water partition coefficient (Wildman–Crippen LogP) is 4.56. The first kappa shape index (κ1) is 19.1. The third-order valence-corrected chi connectivity index (χ3v) is 5.97. The fourth-order valence-corrected chi connectivity index (χ4v) is 4.16. The number of rotatable bonds is 4. The van der Waals surface area contributed by atoms with Crippen LogP contribution < -0.4 is 0 Å². The van der Waals surface area contributed by atoms with Crippen molar-refractivity contribution in [2.24, 2.45) is 0 Å². The lowest BCUT2D eigenvalue weighted by Gasteiger charge is -2.34. The van der Waals surface area contributed by atoms with Crippen LogP contribution in [-0.4, -0.2) is 46.9 Å². The van der Waals surface area contributed by atoms with E-state index in [1.165, 1.54) is 24.3 Å². The van der Waals surface area contributed by atoms with E-state index in [1.807, 2.05) is 29.2 Å². The van der Waals surface area contributed by atoms with Gasteiger partial charge in [0.25, 0.3) is 5.91 Å². The molecule has 4 rings (SSSR count). The molecular weight excluding hydrogens is 397 g/mol. The topological polar surface area (TPSA) is 36.4 Å². The second kappa shape index (κ2) is 8.39. The number of piperazine rings is 1. The lowest BCUT2D eigenvalue weighted by Crippen LogP contribution is -2.48. The average Bonchev–Trinajstić information content (AvgIpc) is 3.18. The highest BCUT2D eigenvalue weighted by Crippen LogP contribution is 2.25. The summed E-state index contributed by atoms with van der Waals surface area (Å²) < 4.78 is 13.0. The third-order valence-electron chi connectivity index (χ3n) is 4.78. The number of carbonyl (C=O) groups is 1. The van der Waals surface area contributed by atoms with E-state index in [2.05, 4.69) is 10.3 Å². The van der Waals surface area contributed by atoms with Gasteiger partial charge in [0.15, 0.2) is 0 Å². The van der Waals surface area contributed by atoms with Crippen molar-refractivity contribution in [2.75, 3.05) is 26.2 Å². The van der Waals surface area contributed by atoms with E-state index in [9.17, 15) is 9.18 Å². The number of hydrogen-bond acceptors (Lipinski definition) is 4. The van der Waals surface area contributed by atoms with Crippen LogP contribution >= 0.6 is 22.9 Å². The number of nitrogens with zero attached hydrogens (tertiary/aromatic N) is 3. The van der Waals surface area contributed by atoms with Crippen molar-refractivity contribution in [3.63, 3.8) is 0 Å². The summed E-state index contributed by atoms with van der Waals surface area (Å²) in [4.78, 5) is 21.4. The molecule has 2 heterocycles. The Morgan fingerprint density at radius 1 is 1.04 bits per heavy atom. The number of benzene rings is 2. The van der Waals surface area contributed by atoms with Crippen molar-refractivity contribution in [2.45, 2.75) is 6.54 Å². The first-order valence-corrected chi connectivity index (χ1v) is 10.3. The lowest BCUT2D eigenvalue weighted by molar-refractivity contribution is 0.0627. The molecule has 0 atom stereocenters. The molecule has 0 radical (unpaired) electrons. The highest BCUT2D eigenvalue weighted by Gasteiger charge is 2.22.